The molecule has 9 heteroatoms. The highest BCUT2D eigenvalue weighted by Crippen LogP contribution is 2.37. The summed E-state index contributed by atoms with van der Waals surface area (Å²) in [5.41, 5.74) is 0.783. The van der Waals surface area contributed by atoms with Crippen LogP contribution in [0, 0.1) is 0 Å². The quantitative estimate of drug-likeness (QED) is 0.801. The summed E-state index contributed by atoms with van der Waals surface area (Å²) in [5, 5.41) is 3.11. The first-order valence-corrected chi connectivity index (χ1v) is 10.5. The molecule has 166 valence electrons. The zero-order valence-electron chi connectivity index (χ0n) is 17.0. The maximum absolute atomic E-state index is 12.6. The highest BCUT2D eigenvalue weighted by Gasteiger charge is 2.40. The summed E-state index contributed by atoms with van der Waals surface area (Å²) < 4.78 is 47.5. The van der Waals surface area contributed by atoms with Crippen molar-refractivity contribution in [2.24, 2.45) is 0 Å². The molecule has 3 saturated heterocycles. The van der Waals surface area contributed by atoms with Crippen LogP contribution in [0.4, 0.5) is 13.2 Å². The third kappa shape index (κ3) is 4.90. The zero-order chi connectivity index (χ0) is 21.3. The maximum atomic E-state index is 12.6. The minimum atomic E-state index is -4.71. The highest BCUT2D eigenvalue weighted by atomic mass is 19.4. The molecule has 1 N–H and O–H groups in total. The molecule has 0 spiro atoms. The Hall–Kier alpha value is -1.84. The summed E-state index contributed by atoms with van der Waals surface area (Å²) in [6, 6.07) is 6.55. The Labute approximate surface area is 174 Å². The molecule has 0 aliphatic carbocycles. The van der Waals surface area contributed by atoms with Crippen molar-refractivity contribution < 1.29 is 27.4 Å². The Morgan fingerprint density at radius 1 is 1.23 bits per heavy atom. The van der Waals surface area contributed by atoms with Crippen LogP contribution in [0.2, 0.25) is 0 Å². The number of benzene rings is 1. The van der Waals surface area contributed by atoms with Gasteiger partial charge in [0.25, 0.3) is 0 Å². The van der Waals surface area contributed by atoms with E-state index < -0.39 is 6.36 Å². The molecule has 1 aromatic carbocycles. The molecule has 0 aromatic heterocycles. The van der Waals surface area contributed by atoms with Gasteiger partial charge in [0.15, 0.2) is 0 Å². The molecule has 30 heavy (non-hydrogen) atoms. The molecule has 3 aliphatic heterocycles. The maximum Gasteiger partial charge on any atom is 0.573 e. The standard InChI is InChI=1S/C21H28F3N3O3/c1-14-13-29-9-8-26(14)16-11-19(25-20(28)12-16)27-7-3-6-18(27)15-4-2-5-17(10-15)30-21(22,23)24/h2,4-5,10,14,16,18-19H,3,6-9,11-13H2,1H3,(H,25,28)/t14-,16?,18-,19?/m1/s1. The van der Waals surface area contributed by atoms with Crippen LogP contribution < -0.4 is 10.1 Å². The Morgan fingerprint density at radius 3 is 2.83 bits per heavy atom. The van der Waals surface area contributed by atoms with E-state index in [4.69, 9.17) is 4.74 Å². The molecule has 0 bridgehead atoms. The molecule has 3 aliphatic rings. The van der Waals surface area contributed by atoms with Gasteiger partial charge >= 0.3 is 6.36 Å². The first kappa shape index (κ1) is 21.4. The molecule has 6 nitrogen and oxygen atoms in total. The molecule has 4 atom stereocenters. The lowest BCUT2D eigenvalue weighted by Crippen LogP contribution is -2.59. The summed E-state index contributed by atoms with van der Waals surface area (Å²) in [7, 11) is 0. The van der Waals surface area contributed by atoms with Gasteiger partial charge in [-0.15, -0.1) is 13.2 Å². The second-order valence-corrected chi connectivity index (χ2v) is 8.35. The van der Waals surface area contributed by atoms with Crippen molar-refractivity contribution in [2.75, 3.05) is 26.3 Å². The van der Waals surface area contributed by atoms with Crippen LogP contribution in [0.1, 0.15) is 44.2 Å². The normalized spacial score (nSPS) is 31.5. The SMILES string of the molecule is C[C@@H]1COCCN1C1CC(=O)NC(N2CCC[C@@H]2c2cccc(OC(F)(F)F)c2)C1. The third-order valence-electron chi connectivity index (χ3n) is 6.30. The topological polar surface area (TPSA) is 54.0 Å². The fraction of sp³-hybridized carbons (Fsp3) is 0.667. The van der Waals surface area contributed by atoms with Gasteiger partial charge < -0.3 is 14.8 Å². The number of alkyl halides is 3. The van der Waals surface area contributed by atoms with E-state index in [9.17, 15) is 18.0 Å². The molecular weight excluding hydrogens is 399 g/mol. The first-order chi connectivity index (χ1) is 14.3. The molecule has 3 heterocycles. The third-order valence-corrected chi connectivity index (χ3v) is 6.30. The zero-order valence-corrected chi connectivity index (χ0v) is 17.0. The predicted molar refractivity (Wildman–Crippen MR) is 104 cm³/mol. The number of rotatable bonds is 4. The van der Waals surface area contributed by atoms with Gasteiger partial charge in [-0.3, -0.25) is 14.6 Å². The summed E-state index contributed by atoms with van der Waals surface area (Å²) in [5.74, 6) is -0.186. The lowest BCUT2D eigenvalue weighted by molar-refractivity contribution is -0.274. The second kappa shape index (κ2) is 8.72. The number of nitrogens with one attached hydrogen (secondary N) is 1. The first-order valence-electron chi connectivity index (χ1n) is 10.5. The van der Waals surface area contributed by atoms with E-state index >= 15 is 0 Å². The number of amides is 1. The summed E-state index contributed by atoms with van der Waals surface area (Å²) in [4.78, 5) is 17.1. The predicted octanol–water partition coefficient (Wildman–Crippen LogP) is 3.05. The molecule has 0 radical (unpaired) electrons. The number of morpholine rings is 1. The van der Waals surface area contributed by atoms with Gasteiger partial charge in [0.05, 0.1) is 19.4 Å². The molecule has 0 saturated carbocycles. The van der Waals surface area contributed by atoms with Crippen LogP contribution in [0.25, 0.3) is 0 Å². The van der Waals surface area contributed by atoms with Crippen LogP contribution >= 0.6 is 0 Å². The van der Waals surface area contributed by atoms with Crippen LogP contribution in [0.3, 0.4) is 0 Å². The van der Waals surface area contributed by atoms with Crippen molar-refractivity contribution >= 4 is 5.91 Å². The number of piperidine rings is 1. The Bertz CT molecular complexity index is 761. The van der Waals surface area contributed by atoms with Crippen molar-refractivity contribution in [1.29, 1.82) is 0 Å². The summed E-state index contributed by atoms with van der Waals surface area (Å²) in [6.07, 6.45) is -1.82. The molecule has 4 rings (SSSR count). The van der Waals surface area contributed by atoms with Crippen molar-refractivity contribution in [3.8, 4) is 5.75 Å². The second-order valence-electron chi connectivity index (χ2n) is 8.35. The van der Waals surface area contributed by atoms with Gasteiger partial charge in [0, 0.05) is 37.6 Å². The Balaban J connectivity index is 1.50. The molecule has 2 unspecified atom stereocenters. The summed E-state index contributed by atoms with van der Waals surface area (Å²) >= 11 is 0. The Morgan fingerprint density at radius 2 is 2.07 bits per heavy atom. The van der Waals surface area contributed by atoms with E-state index in [2.05, 4.69) is 26.8 Å². The van der Waals surface area contributed by atoms with E-state index in [1.807, 2.05) is 6.07 Å². The van der Waals surface area contributed by atoms with E-state index in [0.717, 1.165) is 37.9 Å². The average molecular weight is 427 g/mol. The number of ether oxygens (including phenoxy) is 2. The number of halogens is 3. The minimum Gasteiger partial charge on any atom is -0.406 e. The lowest BCUT2D eigenvalue weighted by atomic mass is 9.97. The molecule has 3 fully saturated rings. The number of hydrogen-bond donors (Lipinski definition) is 1. The van der Waals surface area contributed by atoms with Crippen molar-refractivity contribution in [3.63, 3.8) is 0 Å². The Kier molecular flexibility index (Phi) is 6.22. The number of carbonyl (C=O) groups excluding carboxylic acids is 1. The monoisotopic (exact) mass is 427 g/mol. The molecular formula is C21H28F3N3O3. The van der Waals surface area contributed by atoms with E-state index in [1.165, 1.54) is 12.1 Å². The number of hydrogen-bond acceptors (Lipinski definition) is 5. The van der Waals surface area contributed by atoms with Crippen LogP contribution in [0.15, 0.2) is 24.3 Å². The van der Waals surface area contributed by atoms with Gasteiger partial charge in [-0.2, -0.15) is 0 Å². The average Bonchev–Trinajstić information content (AvgIpc) is 3.17. The molecule has 1 aromatic rings. The summed E-state index contributed by atoms with van der Waals surface area (Å²) in [6.45, 7) is 5.06. The largest absolute Gasteiger partial charge is 0.573 e. The minimum absolute atomic E-state index is 0.0229. The smallest absolute Gasteiger partial charge is 0.406 e. The van der Waals surface area contributed by atoms with E-state index in [0.29, 0.717) is 19.6 Å². The highest BCUT2D eigenvalue weighted by molar-refractivity contribution is 5.77. The fourth-order valence-corrected chi connectivity index (χ4v) is 5.05. The van der Waals surface area contributed by atoms with Crippen molar-refractivity contribution in [2.45, 2.75) is 63.3 Å². The van der Waals surface area contributed by atoms with Crippen molar-refractivity contribution in [1.82, 2.24) is 15.1 Å². The van der Waals surface area contributed by atoms with E-state index in [-0.39, 0.29) is 35.9 Å². The number of nitrogens with zero attached hydrogens (tertiary/aromatic N) is 2. The van der Waals surface area contributed by atoms with Crippen LogP contribution in [0.5, 0.6) is 5.75 Å². The van der Waals surface area contributed by atoms with E-state index in [1.54, 1.807) is 6.07 Å². The van der Waals surface area contributed by atoms with Gasteiger partial charge in [0.2, 0.25) is 5.91 Å². The van der Waals surface area contributed by atoms with Gasteiger partial charge in [-0.1, -0.05) is 12.1 Å². The van der Waals surface area contributed by atoms with Gasteiger partial charge in [-0.25, -0.2) is 0 Å². The fourth-order valence-electron chi connectivity index (χ4n) is 5.05. The lowest BCUT2D eigenvalue weighted by Gasteiger charge is -2.45. The van der Waals surface area contributed by atoms with Crippen molar-refractivity contribution in [3.05, 3.63) is 29.8 Å². The number of likely N-dealkylation sites (tertiary alicyclic amines) is 1. The van der Waals surface area contributed by atoms with Crippen LogP contribution in [-0.2, 0) is 9.53 Å². The van der Waals surface area contributed by atoms with Crippen LogP contribution in [-0.4, -0.2) is 66.6 Å². The van der Waals surface area contributed by atoms with Gasteiger partial charge in [-0.05, 0) is 43.9 Å². The molecule has 1 amide bonds. The number of carbonyl (C=O) groups is 1. The van der Waals surface area contributed by atoms with Gasteiger partial charge in [0.1, 0.15) is 5.75 Å².